The van der Waals surface area contributed by atoms with Gasteiger partial charge in [-0.15, -0.1) is 0 Å². The minimum atomic E-state index is -0.0528. The molecule has 0 amide bonds. The van der Waals surface area contributed by atoms with Crippen molar-refractivity contribution in [2.45, 2.75) is 45.1 Å². The van der Waals surface area contributed by atoms with E-state index < -0.39 is 0 Å². The molecule has 3 heteroatoms. The second kappa shape index (κ2) is 5.22. The molecule has 0 aromatic rings. The molecular weight excluding hydrogens is 166 g/mol. The van der Waals surface area contributed by atoms with Crippen LogP contribution in [-0.4, -0.2) is 18.6 Å². The lowest BCUT2D eigenvalue weighted by Crippen LogP contribution is -2.27. The van der Waals surface area contributed by atoms with E-state index in [2.05, 4.69) is 0 Å². The number of rotatable bonds is 3. The maximum atomic E-state index is 11.1. The summed E-state index contributed by atoms with van der Waals surface area (Å²) in [4.78, 5) is 11.1. The Morgan fingerprint density at radius 1 is 1.38 bits per heavy atom. The minimum Gasteiger partial charge on any atom is -0.466 e. The lowest BCUT2D eigenvalue weighted by Gasteiger charge is -2.25. The second-order valence-corrected chi connectivity index (χ2v) is 3.79. The fraction of sp³-hybridized carbons (Fsp3) is 0.900. The predicted octanol–water partition coefficient (Wildman–Crippen LogP) is 1.46. The topological polar surface area (TPSA) is 52.3 Å². The molecule has 1 fully saturated rings. The quantitative estimate of drug-likeness (QED) is 0.677. The summed E-state index contributed by atoms with van der Waals surface area (Å²) in [5.74, 6) is 0.460. The SMILES string of the molecule is CCOC(=O)C[C@H]1CC[C@H](N)CC1. The minimum absolute atomic E-state index is 0.0528. The zero-order valence-corrected chi connectivity index (χ0v) is 8.29. The van der Waals surface area contributed by atoms with Crippen molar-refractivity contribution >= 4 is 5.97 Å². The van der Waals surface area contributed by atoms with Gasteiger partial charge in [0, 0.05) is 12.5 Å². The average molecular weight is 185 g/mol. The van der Waals surface area contributed by atoms with Crippen LogP contribution in [0.3, 0.4) is 0 Å². The number of hydrogen-bond acceptors (Lipinski definition) is 3. The summed E-state index contributed by atoms with van der Waals surface area (Å²) in [7, 11) is 0. The number of carbonyl (C=O) groups excluding carboxylic acids is 1. The molecule has 1 aliphatic rings. The Morgan fingerprint density at radius 3 is 2.54 bits per heavy atom. The summed E-state index contributed by atoms with van der Waals surface area (Å²) in [6.07, 6.45) is 4.87. The first kappa shape index (κ1) is 10.5. The number of hydrogen-bond donors (Lipinski definition) is 1. The third-order valence-electron chi connectivity index (χ3n) is 2.65. The van der Waals surface area contributed by atoms with Crippen molar-refractivity contribution in [1.29, 1.82) is 0 Å². The van der Waals surface area contributed by atoms with Crippen molar-refractivity contribution in [2.75, 3.05) is 6.61 Å². The van der Waals surface area contributed by atoms with Crippen LogP contribution in [0.25, 0.3) is 0 Å². The number of ether oxygens (including phenoxy) is 1. The Hall–Kier alpha value is -0.570. The van der Waals surface area contributed by atoms with Gasteiger partial charge in [-0.1, -0.05) is 0 Å². The molecule has 0 aromatic heterocycles. The fourth-order valence-corrected chi connectivity index (χ4v) is 1.85. The molecule has 0 radical (unpaired) electrons. The molecule has 0 unspecified atom stereocenters. The molecule has 1 aliphatic carbocycles. The summed E-state index contributed by atoms with van der Waals surface area (Å²) in [5.41, 5.74) is 5.77. The van der Waals surface area contributed by atoms with Crippen LogP contribution in [0.2, 0.25) is 0 Å². The maximum Gasteiger partial charge on any atom is 0.306 e. The van der Waals surface area contributed by atoms with Gasteiger partial charge in [0.15, 0.2) is 0 Å². The van der Waals surface area contributed by atoms with Crippen LogP contribution in [0.1, 0.15) is 39.0 Å². The average Bonchev–Trinajstić information content (AvgIpc) is 2.09. The van der Waals surface area contributed by atoms with Crippen molar-refractivity contribution in [1.82, 2.24) is 0 Å². The number of carbonyl (C=O) groups is 1. The van der Waals surface area contributed by atoms with Gasteiger partial charge in [-0.05, 0) is 38.5 Å². The predicted molar refractivity (Wildman–Crippen MR) is 51.2 cm³/mol. The first-order valence-corrected chi connectivity index (χ1v) is 5.13. The zero-order chi connectivity index (χ0) is 9.68. The molecule has 0 bridgehead atoms. The van der Waals surface area contributed by atoms with Crippen LogP contribution in [0.15, 0.2) is 0 Å². The highest BCUT2D eigenvalue weighted by atomic mass is 16.5. The summed E-state index contributed by atoms with van der Waals surface area (Å²) in [6, 6.07) is 0.360. The van der Waals surface area contributed by atoms with Gasteiger partial charge in [0.1, 0.15) is 0 Å². The van der Waals surface area contributed by atoms with Crippen molar-refractivity contribution in [3.63, 3.8) is 0 Å². The molecule has 0 atom stereocenters. The highest BCUT2D eigenvalue weighted by Crippen LogP contribution is 2.25. The standard InChI is InChI=1S/C10H19NO2/c1-2-13-10(12)7-8-3-5-9(11)6-4-8/h8-9H,2-7,11H2,1H3/t8-,9-. The van der Waals surface area contributed by atoms with Crippen LogP contribution >= 0.6 is 0 Å². The third kappa shape index (κ3) is 3.77. The number of nitrogens with two attached hydrogens (primary N) is 1. The Bertz CT molecular complexity index is 162. The smallest absolute Gasteiger partial charge is 0.306 e. The molecule has 0 aliphatic heterocycles. The summed E-state index contributed by atoms with van der Waals surface area (Å²) in [5, 5.41) is 0. The molecule has 76 valence electrons. The summed E-state index contributed by atoms with van der Waals surface area (Å²) < 4.78 is 4.90. The van der Waals surface area contributed by atoms with Gasteiger partial charge < -0.3 is 10.5 Å². The van der Waals surface area contributed by atoms with E-state index in [4.69, 9.17) is 10.5 Å². The molecule has 0 spiro atoms. The molecule has 3 nitrogen and oxygen atoms in total. The fourth-order valence-electron chi connectivity index (χ4n) is 1.85. The third-order valence-corrected chi connectivity index (χ3v) is 2.65. The first-order chi connectivity index (χ1) is 6.22. The van der Waals surface area contributed by atoms with E-state index in [1.165, 1.54) is 0 Å². The van der Waals surface area contributed by atoms with E-state index in [1.807, 2.05) is 6.92 Å². The molecule has 1 rings (SSSR count). The second-order valence-electron chi connectivity index (χ2n) is 3.79. The maximum absolute atomic E-state index is 11.1. The normalized spacial score (nSPS) is 28.5. The zero-order valence-electron chi connectivity index (χ0n) is 8.29. The number of esters is 1. The van der Waals surface area contributed by atoms with E-state index in [9.17, 15) is 4.79 Å². The molecule has 1 saturated carbocycles. The molecule has 13 heavy (non-hydrogen) atoms. The molecular formula is C10H19NO2. The van der Waals surface area contributed by atoms with Gasteiger partial charge in [0.25, 0.3) is 0 Å². The highest BCUT2D eigenvalue weighted by molar-refractivity contribution is 5.69. The van der Waals surface area contributed by atoms with Gasteiger partial charge in [-0.2, -0.15) is 0 Å². The lowest BCUT2D eigenvalue weighted by atomic mass is 9.84. The van der Waals surface area contributed by atoms with Gasteiger partial charge in [0.05, 0.1) is 6.61 Å². The lowest BCUT2D eigenvalue weighted by molar-refractivity contribution is -0.144. The van der Waals surface area contributed by atoms with Gasteiger partial charge in [-0.3, -0.25) is 4.79 Å². The van der Waals surface area contributed by atoms with Crippen LogP contribution in [0.5, 0.6) is 0 Å². The van der Waals surface area contributed by atoms with Crippen molar-refractivity contribution in [3.8, 4) is 0 Å². The van der Waals surface area contributed by atoms with Crippen molar-refractivity contribution in [2.24, 2.45) is 11.7 Å². The van der Waals surface area contributed by atoms with E-state index in [0.717, 1.165) is 25.7 Å². The summed E-state index contributed by atoms with van der Waals surface area (Å²) in [6.45, 7) is 2.33. The van der Waals surface area contributed by atoms with Crippen molar-refractivity contribution in [3.05, 3.63) is 0 Å². The van der Waals surface area contributed by atoms with Crippen LogP contribution in [-0.2, 0) is 9.53 Å². The summed E-state index contributed by atoms with van der Waals surface area (Å²) >= 11 is 0. The molecule has 0 aromatic carbocycles. The van der Waals surface area contributed by atoms with E-state index in [0.29, 0.717) is 25.0 Å². The van der Waals surface area contributed by atoms with E-state index in [1.54, 1.807) is 0 Å². The van der Waals surface area contributed by atoms with E-state index in [-0.39, 0.29) is 5.97 Å². The molecule has 2 N–H and O–H groups in total. The Balaban J connectivity index is 2.18. The van der Waals surface area contributed by atoms with Gasteiger partial charge >= 0.3 is 5.97 Å². The Morgan fingerprint density at radius 2 is 2.00 bits per heavy atom. The molecule has 0 saturated heterocycles. The van der Waals surface area contributed by atoms with Crippen LogP contribution in [0.4, 0.5) is 0 Å². The first-order valence-electron chi connectivity index (χ1n) is 5.13. The monoisotopic (exact) mass is 185 g/mol. The Labute approximate surface area is 79.6 Å². The van der Waals surface area contributed by atoms with Gasteiger partial charge in [0.2, 0.25) is 0 Å². The molecule has 0 heterocycles. The largest absolute Gasteiger partial charge is 0.466 e. The van der Waals surface area contributed by atoms with Crippen LogP contribution < -0.4 is 5.73 Å². The van der Waals surface area contributed by atoms with Gasteiger partial charge in [-0.25, -0.2) is 0 Å². The Kier molecular flexibility index (Phi) is 4.22. The van der Waals surface area contributed by atoms with E-state index >= 15 is 0 Å². The van der Waals surface area contributed by atoms with Crippen LogP contribution in [0, 0.1) is 5.92 Å². The van der Waals surface area contributed by atoms with Crippen molar-refractivity contribution < 1.29 is 9.53 Å². The highest BCUT2D eigenvalue weighted by Gasteiger charge is 2.21.